The summed E-state index contributed by atoms with van der Waals surface area (Å²) in [6.07, 6.45) is 3.47. The van der Waals surface area contributed by atoms with Crippen LogP contribution in [0.1, 0.15) is 25.5 Å². The van der Waals surface area contributed by atoms with Crippen molar-refractivity contribution in [1.82, 2.24) is 15.1 Å². The van der Waals surface area contributed by atoms with E-state index >= 15 is 0 Å². The number of hydrogen-bond acceptors (Lipinski definition) is 3. The Balaban J connectivity index is 2.02. The molecule has 1 aromatic rings. The molecule has 1 aliphatic heterocycles. The van der Waals surface area contributed by atoms with Gasteiger partial charge in [0.15, 0.2) is 0 Å². The zero-order valence-corrected chi connectivity index (χ0v) is 9.07. The minimum Gasteiger partial charge on any atom is -0.300 e. The molecule has 0 bridgehead atoms. The van der Waals surface area contributed by atoms with E-state index in [-0.39, 0.29) is 5.56 Å². The van der Waals surface area contributed by atoms with Gasteiger partial charge in [-0.05, 0) is 32.0 Å². The van der Waals surface area contributed by atoms with Gasteiger partial charge in [-0.2, -0.15) is 5.10 Å². The molecule has 0 radical (unpaired) electrons. The van der Waals surface area contributed by atoms with Crippen molar-refractivity contribution in [2.75, 3.05) is 13.1 Å². The van der Waals surface area contributed by atoms with E-state index in [1.54, 1.807) is 6.07 Å². The van der Waals surface area contributed by atoms with Crippen LogP contribution in [0, 0.1) is 0 Å². The number of nitrogens with zero attached hydrogens (tertiary/aromatic N) is 2. The second-order valence-electron chi connectivity index (χ2n) is 4.04. The average Bonchev–Trinajstić information content (AvgIpc) is 2.69. The molecule has 2 heterocycles. The van der Waals surface area contributed by atoms with Crippen LogP contribution in [0.4, 0.5) is 0 Å². The van der Waals surface area contributed by atoms with E-state index in [4.69, 9.17) is 0 Å². The largest absolute Gasteiger partial charge is 0.300 e. The van der Waals surface area contributed by atoms with Crippen molar-refractivity contribution in [2.24, 2.45) is 0 Å². The summed E-state index contributed by atoms with van der Waals surface area (Å²) in [6.45, 7) is 4.50. The average molecular weight is 207 g/mol. The van der Waals surface area contributed by atoms with E-state index in [2.05, 4.69) is 22.0 Å². The Hall–Kier alpha value is -1.16. The maximum absolute atomic E-state index is 10.9. The number of hydrogen-bond donors (Lipinski definition) is 1. The maximum atomic E-state index is 10.9. The van der Waals surface area contributed by atoms with Gasteiger partial charge >= 0.3 is 0 Å². The number of aromatic amines is 1. The Morgan fingerprint density at radius 2 is 2.47 bits per heavy atom. The first-order valence-corrected chi connectivity index (χ1v) is 5.58. The van der Waals surface area contributed by atoms with Crippen molar-refractivity contribution in [3.05, 3.63) is 28.2 Å². The summed E-state index contributed by atoms with van der Waals surface area (Å²) in [5.41, 5.74) is 0.859. The Morgan fingerprint density at radius 1 is 1.60 bits per heavy atom. The maximum Gasteiger partial charge on any atom is 0.264 e. The fraction of sp³-hybridized carbons (Fsp3) is 0.636. The lowest BCUT2D eigenvalue weighted by Crippen LogP contribution is -2.31. The fourth-order valence-electron chi connectivity index (χ4n) is 2.27. The third kappa shape index (κ3) is 2.45. The van der Waals surface area contributed by atoms with Crippen molar-refractivity contribution in [3.63, 3.8) is 0 Å². The molecule has 82 valence electrons. The molecule has 0 aliphatic carbocycles. The molecule has 0 spiro atoms. The van der Waals surface area contributed by atoms with Crippen LogP contribution in [0.2, 0.25) is 0 Å². The third-order valence-corrected chi connectivity index (χ3v) is 3.09. The summed E-state index contributed by atoms with van der Waals surface area (Å²) in [5, 5.41) is 6.53. The second kappa shape index (κ2) is 4.57. The lowest BCUT2D eigenvalue weighted by atomic mass is 10.1. The van der Waals surface area contributed by atoms with Crippen molar-refractivity contribution in [2.45, 2.75) is 32.2 Å². The standard InChI is InChI=1S/C11H17N3O/c1-2-14-7-3-4-10(14)8-9-5-6-11(15)13-12-9/h5-6,10H,2-4,7-8H2,1H3,(H,13,15). The molecule has 0 aromatic carbocycles. The normalized spacial score (nSPS) is 22.1. The minimum absolute atomic E-state index is 0.127. The molecule has 15 heavy (non-hydrogen) atoms. The molecule has 1 saturated heterocycles. The number of aromatic nitrogens is 2. The smallest absolute Gasteiger partial charge is 0.264 e. The van der Waals surface area contributed by atoms with Crippen molar-refractivity contribution >= 4 is 0 Å². The molecule has 1 fully saturated rings. The quantitative estimate of drug-likeness (QED) is 0.797. The van der Waals surface area contributed by atoms with Crippen LogP contribution >= 0.6 is 0 Å². The second-order valence-corrected chi connectivity index (χ2v) is 4.04. The van der Waals surface area contributed by atoms with Gasteiger partial charge in [0.25, 0.3) is 5.56 Å². The highest BCUT2D eigenvalue weighted by atomic mass is 16.1. The minimum atomic E-state index is -0.127. The summed E-state index contributed by atoms with van der Waals surface area (Å²) < 4.78 is 0. The van der Waals surface area contributed by atoms with E-state index < -0.39 is 0 Å². The van der Waals surface area contributed by atoms with Gasteiger partial charge in [-0.15, -0.1) is 0 Å². The number of H-pyrrole nitrogens is 1. The summed E-state index contributed by atoms with van der Waals surface area (Å²) >= 11 is 0. The molecule has 4 heteroatoms. The van der Waals surface area contributed by atoms with E-state index in [0.717, 1.165) is 18.7 Å². The highest BCUT2D eigenvalue weighted by Crippen LogP contribution is 2.19. The Morgan fingerprint density at radius 3 is 3.13 bits per heavy atom. The molecule has 1 aliphatic rings. The van der Waals surface area contributed by atoms with Gasteiger partial charge in [0.05, 0.1) is 5.69 Å². The van der Waals surface area contributed by atoms with E-state index in [9.17, 15) is 4.79 Å². The molecule has 1 unspecified atom stereocenters. The monoisotopic (exact) mass is 207 g/mol. The zero-order chi connectivity index (χ0) is 10.7. The molecular weight excluding hydrogens is 190 g/mol. The molecule has 0 saturated carbocycles. The van der Waals surface area contributed by atoms with Gasteiger partial charge < -0.3 is 4.90 Å². The first kappa shape index (κ1) is 10.4. The summed E-state index contributed by atoms with van der Waals surface area (Å²) in [7, 11) is 0. The van der Waals surface area contributed by atoms with E-state index in [1.807, 2.05) is 6.07 Å². The summed E-state index contributed by atoms with van der Waals surface area (Å²) in [5.74, 6) is 0. The highest BCUT2D eigenvalue weighted by molar-refractivity contribution is 5.02. The molecular formula is C11H17N3O. The lowest BCUT2D eigenvalue weighted by Gasteiger charge is -2.21. The Bertz CT molecular complexity index is 354. The van der Waals surface area contributed by atoms with Crippen molar-refractivity contribution < 1.29 is 0 Å². The molecule has 1 atom stereocenters. The third-order valence-electron chi connectivity index (χ3n) is 3.09. The van der Waals surface area contributed by atoms with Crippen LogP contribution in [-0.4, -0.2) is 34.2 Å². The van der Waals surface area contributed by atoms with Crippen LogP contribution in [0.5, 0.6) is 0 Å². The zero-order valence-electron chi connectivity index (χ0n) is 9.07. The summed E-state index contributed by atoms with van der Waals surface area (Å²) in [6, 6.07) is 3.98. The van der Waals surface area contributed by atoms with Crippen LogP contribution in [0.3, 0.4) is 0 Å². The van der Waals surface area contributed by atoms with Crippen LogP contribution in [0.25, 0.3) is 0 Å². The Labute approximate surface area is 89.3 Å². The molecule has 1 aromatic heterocycles. The van der Waals surface area contributed by atoms with Gasteiger partial charge in [-0.1, -0.05) is 6.92 Å². The highest BCUT2D eigenvalue weighted by Gasteiger charge is 2.23. The topological polar surface area (TPSA) is 49.0 Å². The van der Waals surface area contributed by atoms with Crippen LogP contribution in [-0.2, 0) is 6.42 Å². The van der Waals surface area contributed by atoms with Gasteiger partial charge in [0.1, 0.15) is 0 Å². The number of rotatable bonds is 3. The molecule has 0 amide bonds. The number of likely N-dealkylation sites (N-methyl/N-ethyl adjacent to an activating group) is 1. The molecule has 1 N–H and O–H groups in total. The molecule has 2 rings (SSSR count). The predicted molar refractivity (Wildman–Crippen MR) is 58.8 cm³/mol. The SMILES string of the molecule is CCN1CCCC1Cc1ccc(=O)[nH]n1. The van der Waals surface area contributed by atoms with Gasteiger partial charge in [-0.25, -0.2) is 5.10 Å². The van der Waals surface area contributed by atoms with Crippen molar-refractivity contribution in [3.8, 4) is 0 Å². The van der Waals surface area contributed by atoms with Gasteiger partial charge in [0, 0.05) is 18.5 Å². The summed E-state index contributed by atoms with van der Waals surface area (Å²) in [4.78, 5) is 13.3. The van der Waals surface area contributed by atoms with Crippen molar-refractivity contribution in [1.29, 1.82) is 0 Å². The Kier molecular flexibility index (Phi) is 3.16. The van der Waals surface area contributed by atoms with E-state index in [1.165, 1.54) is 19.4 Å². The fourth-order valence-corrected chi connectivity index (χ4v) is 2.27. The van der Waals surface area contributed by atoms with Crippen LogP contribution in [0.15, 0.2) is 16.9 Å². The van der Waals surface area contributed by atoms with E-state index in [0.29, 0.717) is 6.04 Å². The number of likely N-dealkylation sites (tertiary alicyclic amines) is 1. The molecule has 4 nitrogen and oxygen atoms in total. The predicted octanol–water partition coefficient (Wildman–Crippen LogP) is 0.797. The lowest BCUT2D eigenvalue weighted by molar-refractivity contribution is 0.264. The number of nitrogens with one attached hydrogen (secondary N) is 1. The first-order chi connectivity index (χ1) is 7.29. The van der Waals surface area contributed by atoms with Gasteiger partial charge in [-0.3, -0.25) is 4.79 Å². The van der Waals surface area contributed by atoms with Gasteiger partial charge in [0.2, 0.25) is 0 Å². The first-order valence-electron chi connectivity index (χ1n) is 5.58. The van der Waals surface area contributed by atoms with Crippen LogP contribution < -0.4 is 5.56 Å².